The highest BCUT2D eigenvalue weighted by molar-refractivity contribution is 14.1. The summed E-state index contributed by atoms with van der Waals surface area (Å²) in [6, 6.07) is 5.77. The Kier molecular flexibility index (Phi) is 4.03. The summed E-state index contributed by atoms with van der Waals surface area (Å²) in [6.45, 7) is 0.307. The number of nitrogens with one attached hydrogen (secondary N) is 1. The minimum atomic E-state index is -0.514. The van der Waals surface area contributed by atoms with E-state index < -0.39 is 11.6 Å². The van der Waals surface area contributed by atoms with Crippen LogP contribution < -0.4 is 5.32 Å². The van der Waals surface area contributed by atoms with Crippen molar-refractivity contribution in [2.75, 3.05) is 5.32 Å². The van der Waals surface area contributed by atoms with Crippen LogP contribution in [0.25, 0.3) is 0 Å². The van der Waals surface area contributed by atoms with Gasteiger partial charge in [-0.25, -0.2) is 8.78 Å². The highest BCUT2D eigenvalue weighted by atomic mass is 127. The summed E-state index contributed by atoms with van der Waals surface area (Å²) in [5.41, 5.74) is 0.108. The maximum absolute atomic E-state index is 13.4. The molecule has 0 saturated heterocycles. The van der Waals surface area contributed by atoms with E-state index in [2.05, 4.69) is 21.2 Å². The van der Waals surface area contributed by atoms with E-state index in [9.17, 15) is 8.78 Å². The van der Waals surface area contributed by atoms with Gasteiger partial charge in [-0.1, -0.05) is 0 Å². The number of anilines is 1. The fourth-order valence-electron chi connectivity index (χ4n) is 1.29. The Labute approximate surface area is 119 Å². The van der Waals surface area contributed by atoms with E-state index in [-0.39, 0.29) is 10.2 Å². The number of benzene rings is 1. The number of hydrogen-bond acceptors (Lipinski definition) is 2. The lowest BCUT2D eigenvalue weighted by atomic mass is 10.3. The zero-order chi connectivity index (χ0) is 12.4. The normalized spacial score (nSPS) is 10.6. The van der Waals surface area contributed by atoms with Gasteiger partial charge in [0, 0.05) is 6.07 Å². The van der Waals surface area contributed by atoms with Crippen LogP contribution in [0.2, 0.25) is 0 Å². The van der Waals surface area contributed by atoms with Crippen molar-refractivity contribution >= 4 is 44.2 Å². The molecule has 0 bridgehead atoms. The van der Waals surface area contributed by atoms with E-state index in [1.807, 2.05) is 22.6 Å². The van der Waals surface area contributed by atoms with E-state index in [0.29, 0.717) is 12.3 Å². The Bertz CT molecular complexity index is 544. The highest BCUT2D eigenvalue weighted by Crippen LogP contribution is 2.24. The third-order valence-corrected chi connectivity index (χ3v) is 3.28. The zero-order valence-corrected chi connectivity index (χ0v) is 12.2. The lowest BCUT2D eigenvalue weighted by Crippen LogP contribution is -2.01. The first-order valence-electron chi connectivity index (χ1n) is 4.69. The van der Waals surface area contributed by atoms with Crippen LogP contribution in [0.5, 0.6) is 0 Å². The van der Waals surface area contributed by atoms with E-state index in [4.69, 9.17) is 4.42 Å². The minimum absolute atomic E-state index is 0.105. The molecule has 1 aromatic carbocycles. The van der Waals surface area contributed by atoms with Crippen LogP contribution >= 0.6 is 38.5 Å². The Morgan fingerprint density at radius 1 is 1.24 bits per heavy atom. The van der Waals surface area contributed by atoms with Gasteiger partial charge in [-0.2, -0.15) is 0 Å². The summed E-state index contributed by atoms with van der Waals surface area (Å²) < 4.78 is 32.8. The maximum atomic E-state index is 13.4. The standard InChI is InChI=1S/C11H7BrF2INO/c12-7-3-9(14)10(4-8(7)13)16-5-6-1-2-11(15)17-6/h1-4,16H,5H2. The molecule has 0 radical (unpaired) electrons. The second-order valence-corrected chi connectivity index (χ2v) is 5.22. The fraction of sp³-hybridized carbons (Fsp3) is 0.0909. The molecule has 90 valence electrons. The molecular weight excluding hydrogens is 407 g/mol. The van der Waals surface area contributed by atoms with Gasteiger partial charge in [0.25, 0.3) is 0 Å². The minimum Gasteiger partial charge on any atom is -0.454 e. The topological polar surface area (TPSA) is 25.2 Å². The summed E-state index contributed by atoms with van der Waals surface area (Å²) >= 11 is 4.95. The average Bonchev–Trinajstić information content (AvgIpc) is 2.68. The molecule has 0 amide bonds. The van der Waals surface area contributed by atoms with Crippen LogP contribution in [-0.2, 0) is 6.54 Å². The summed E-state index contributed by atoms with van der Waals surface area (Å²) in [7, 11) is 0. The van der Waals surface area contributed by atoms with Gasteiger partial charge >= 0.3 is 0 Å². The van der Waals surface area contributed by atoms with Crippen LogP contribution in [0.1, 0.15) is 5.76 Å². The first-order chi connectivity index (χ1) is 8.06. The van der Waals surface area contributed by atoms with Crippen molar-refractivity contribution in [2.45, 2.75) is 6.54 Å². The van der Waals surface area contributed by atoms with Crippen LogP contribution in [0, 0.1) is 15.4 Å². The molecule has 1 N–H and O–H groups in total. The molecule has 0 atom stereocenters. The van der Waals surface area contributed by atoms with Crippen molar-refractivity contribution in [3.63, 3.8) is 0 Å². The van der Waals surface area contributed by atoms with Gasteiger partial charge in [0.15, 0.2) is 3.77 Å². The lowest BCUT2D eigenvalue weighted by molar-refractivity contribution is 0.492. The molecule has 1 heterocycles. The molecule has 0 unspecified atom stereocenters. The van der Waals surface area contributed by atoms with Crippen LogP contribution in [-0.4, -0.2) is 0 Å². The SMILES string of the molecule is Fc1cc(NCc2ccc(I)o2)c(F)cc1Br. The fourth-order valence-corrected chi connectivity index (χ4v) is 2.07. The molecule has 6 heteroatoms. The van der Waals surface area contributed by atoms with Gasteiger partial charge in [-0.15, -0.1) is 0 Å². The summed E-state index contributed by atoms with van der Waals surface area (Å²) in [4.78, 5) is 0. The van der Waals surface area contributed by atoms with E-state index in [1.54, 1.807) is 12.1 Å². The zero-order valence-electron chi connectivity index (χ0n) is 8.44. The summed E-state index contributed by atoms with van der Waals surface area (Å²) in [5.74, 6) is -0.361. The monoisotopic (exact) mass is 413 g/mol. The Morgan fingerprint density at radius 3 is 2.65 bits per heavy atom. The maximum Gasteiger partial charge on any atom is 0.164 e. The molecule has 0 aliphatic carbocycles. The predicted molar refractivity (Wildman–Crippen MR) is 72.8 cm³/mol. The van der Waals surface area contributed by atoms with Gasteiger partial charge in [0.1, 0.15) is 17.4 Å². The Balaban J connectivity index is 2.11. The van der Waals surface area contributed by atoms with E-state index in [0.717, 1.165) is 15.9 Å². The van der Waals surface area contributed by atoms with Crippen molar-refractivity contribution in [3.05, 3.63) is 49.9 Å². The largest absolute Gasteiger partial charge is 0.454 e. The lowest BCUT2D eigenvalue weighted by Gasteiger charge is -2.06. The van der Waals surface area contributed by atoms with Gasteiger partial charge in [-0.05, 0) is 56.7 Å². The third kappa shape index (κ3) is 3.19. The van der Waals surface area contributed by atoms with Gasteiger partial charge in [0.05, 0.1) is 16.7 Å². The molecule has 0 spiro atoms. The van der Waals surface area contributed by atoms with E-state index >= 15 is 0 Å². The quantitative estimate of drug-likeness (QED) is 0.590. The van der Waals surface area contributed by atoms with Crippen molar-refractivity contribution in [3.8, 4) is 0 Å². The first kappa shape index (κ1) is 12.8. The summed E-state index contributed by atoms with van der Waals surface area (Å²) in [5, 5.41) is 2.78. The van der Waals surface area contributed by atoms with Gasteiger partial charge in [-0.3, -0.25) is 0 Å². The first-order valence-corrected chi connectivity index (χ1v) is 6.56. The number of rotatable bonds is 3. The average molecular weight is 414 g/mol. The number of halogens is 4. The van der Waals surface area contributed by atoms with Gasteiger partial charge in [0.2, 0.25) is 0 Å². The molecule has 0 fully saturated rings. The molecule has 1 aromatic heterocycles. The Morgan fingerprint density at radius 2 is 2.00 bits per heavy atom. The predicted octanol–water partition coefficient (Wildman–Crippen LogP) is 4.54. The highest BCUT2D eigenvalue weighted by Gasteiger charge is 2.08. The van der Waals surface area contributed by atoms with Crippen LogP contribution in [0.3, 0.4) is 0 Å². The van der Waals surface area contributed by atoms with Crippen molar-refractivity contribution in [1.29, 1.82) is 0 Å². The van der Waals surface area contributed by atoms with Gasteiger partial charge < -0.3 is 9.73 Å². The van der Waals surface area contributed by atoms with Crippen molar-refractivity contribution in [1.82, 2.24) is 0 Å². The second-order valence-electron chi connectivity index (χ2n) is 3.31. The van der Waals surface area contributed by atoms with Crippen molar-refractivity contribution < 1.29 is 13.2 Å². The molecule has 17 heavy (non-hydrogen) atoms. The molecule has 2 nitrogen and oxygen atoms in total. The smallest absolute Gasteiger partial charge is 0.164 e. The third-order valence-electron chi connectivity index (χ3n) is 2.09. The second kappa shape index (κ2) is 5.34. The van der Waals surface area contributed by atoms with Crippen molar-refractivity contribution in [2.24, 2.45) is 0 Å². The van der Waals surface area contributed by atoms with E-state index in [1.165, 1.54) is 0 Å². The number of furan rings is 1. The molecule has 2 aromatic rings. The molecule has 0 aliphatic heterocycles. The molecule has 0 saturated carbocycles. The molecule has 2 rings (SSSR count). The number of hydrogen-bond donors (Lipinski definition) is 1. The Hall–Kier alpha value is -0.630. The summed E-state index contributed by atoms with van der Waals surface area (Å²) in [6.07, 6.45) is 0. The van der Waals surface area contributed by atoms with Crippen LogP contribution in [0.4, 0.5) is 14.5 Å². The van der Waals surface area contributed by atoms with Crippen LogP contribution in [0.15, 0.2) is 33.2 Å². The molecular formula is C11H7BrF2INO. The molecule has 0 aliphatic rings.